The summed E-state index contributed by atoms with van der Waals surface area (Å²) < 4.78 is 52.8. The molecule has 168 valence electrons. The van der Waals surface area contributed by atoms with Crippen molar-refractivity contribution in [3.8, 4) is 17.6 Å². The second-order valence-electron chi connectivity index (χ2n) is 8.72. The number of alkyl halides is 3. The standard InChI is InChI=1S/C23H33F3O3Si/c1-8-9-21(27)19(15-12-17-10-13-18(28-5)14-11-17)20(23(24,25)26)16-29-30(6,7)22(2,3)4/h10-11,13-14,21,27H,8-9,16H2,1-7H3/b20-19+. The summed E-state index contributed by atoms with van der Waals surface area (Å²) in [5, 5.41) is 10.2. The molecule has 30 heavy (non-hydrogen) atoms. The van der Waals surface area contributed by atoms with Crippen LogP contribution in [0.5, 0.6) is 5.75 Å². The number of hydrogen-bond donors (Lipinski definition) is 1. The number of ether oxygens (including phenoxy) is 1. The minimum absolute atomic E-state index is 0.187. The summed E-state index contributed by atoms with van der Waals surface area (Å²) in [6.45, 7) is 10.9. The molecule has 0 aliphatic rings. The highest BCUT2D eigenvalue weighted by atomic mass is 28.4. The van der Waals surface area contributed by atoms with Crippen LogP contribution in [0.25, 0.3) is 0 Å². The first-order valence-corrected chi connectivity index (χ1v) is 12.9. The van der Waals surface area contributed by atoms with Gasteiger partial charge >= 0.3 is 6.18 Å². The number of halogens is 3. The molecule has 0 aromatic heterocycles. The van der Waals surface area contributed by atoms with Crippen molar-refractivity contribution in [1.29, 1.82) is 0 Å². The molecule has 1 atom stereocenters. The highest BCUT2D eigenvalue weighted by Crippen LogP contribution is 2.38. The maximum atomic E-state index is 13.9. The maximum Gasteiger partial charge on any atom is 0.415 e. The van der Waals surface area contributed by atoms with Crippen molar-refractivity contribution in [3.63, 3.8) is 0 Å². The van der Waals surface area contributed by atoms with Gasteiger partial charge in [-0.1, -0.05) is 46.0 Å². The van der Waals surface area contributed by atoms with Gasteiger partial charge in [0, 0.05) is 11.1 Å². The molecular weight excluding hydrogens is 409 g/mol. The Morgan fingerprint density at radius 2 is 1.70 bits per heavy atom. The first-order valence-electron chi connectivity index (χ1n) is 10.0. The molecular formula is C23H33F3O3Si. The van der Waals surface area contributed by atoms with Crippen LogP contribution in [-0.4, -0.2) is 39.4 Å². The van der Waals surface area contributed by atoms with Gasteiger partial charge in [-0.3, -0.25) is 0 Å². The molecule has 0 amide bonds. The van der Waals surface area contributed by atoms with Crippen molar-refractivity contribution >= 4 is 8.32 Å². The topological polar surface area (TPSA) is 38.7 Å². The van der Waals surface area contributed by atoms with E-state index in [9.17, 15) is 18.3 Å². The van der Waals surface area contributed by atoms with Gasteiger partial charge in [-0.25, -0.2) is 0 Å². The molecule has 0 saturated carbocycles. The normalized spacial score (nSPS) is 14.5. The Balaban J connectivity index is 3.42. The van der Waals surface area contributed by atoms with Crippen LogP contribution in [0, 0.1) is 11.8 Å². The van der Waals surface area contributed by atoms with Gasteiger partial charge in [0.05, 0.1) is 25.4 Å². The fourth-order valence-electron chi connectivity index (χ4n) is 2.37. The summed E-state index contributed by atoms with van der Waals surface area (Å²) in [6, 6.07) is 6.69. The monoisotopic (exact) mass is 442 g/mol. The van der Waals surface area contributed by atoms with Gasteiger partial charge in [0.1, 0.15) is 5.75 Å². The minimum Gasteiger partial charge on any atom is -0.497 e. The van der Waals surface area contributed by atoms with Crippen LogP contribution in [0.2, 0.25) is 18.1 Å². The highest BCUT2D eigenvalue weighted by molar-refractivity contribution is 6.74. The predicted octanol–water partition coefficient (Wildman–Crippen LogP) is 6.09. The van der Waals surface area contributed by atoms with E-state index in [1.54, 1.807) is 31.2 Å². The van der Waals surface area contributed by atoms with E-state index in [1.165, 1.54) is 7.11 Å². The lowest BCUT2D eigenvalue weighted by molar-refractivity contribution is -0.0986. The lowest BCUT2D eigenvalue weighted by atomic mass is 9.99. The SMILES string of the molecule is CCCC(O)/C(C#Cc1ccc(OC)cc1)=C(\CO[Si](C)(C)C(C)(C)C)C(F)(F)F. The zero-order valence-electron chi connectivity index (χ0n) is 18.9. The lowest BCUT2D eigenvalue weighted by Crippen LogP contribution is -2.42. The van der Waals surface area contributed by atoms with Crippen molar-refractivity contribution in [1.82, 2.24) is 0 Å². The lowest BCUT2D eigenvalue weighted by Gasteiger charge is -2.36. The summed E-state index contributed by atoms with van der Waals surface area (Å²) >= 11 is 0. The van der Waals surface area contributed by atoms with Crippen LogP contribution in [-0.2, 0) is 4.43 Å². The Hall–Kier alpha value is -1.75. The molecule has 1 rings (SSSR count). The smallest absolute Gasteiger partial charge is 0.415 e. The molecule has 7 heteroatoms. The molecule has 1 N–H and O–H groups in total. The van der Waals surface area contributed by atoms with E-state index in [2.05, 4.69) is 11.8 Å². The molecule has 0 fully saturated rings. The quantitative estimate of drug-likeness (QED) is 0.410. The molecule has 3 nitrogen and oxygen atoms in total. The summed E-state index contributed by atoms with van der Waals surface area (Å²) in [4.78, 5) is 0. The van der Waals surface area contributed by atoms with E-state index < -0.39 is 32.8 Å². The van der Waals surface area contributed by atoms with Crippen LogP contribution < -0.4 is 4.74 Å². The molecule has 0 saturated heterocycles. The van der Waals surface area contributed by atoms with Crippen LogP contribution >= 0.6 is 0 Å². The Morgan fingerprint density at radius 3 is 2.13 bits per heavy atom. The number of hydrogen-bond acceptors (Lipinski definition) is 3. The van der Waals surface area contributed by atoms with Crippen molar-refractivity contribution in [2.45, 2.75) is 70.9 Å². The average molecular weight is 443 g/mol. The third kappa shape index (κ3) is 7.49. The van der Waals surface area contributed by atoms with Gasteiger partial charge in [-0.15, -0.1) is 0 Å². The molecule has 0 radical (unpaired) electrons. The van der Waals surface area contributed by atoms with Crippen molar-refractivity contribution in [3.05, 3.63) is 41.0 Å². The Morgan fingerprint density at radius 1 is 1.13 bits per heavy atom. The molecule has 0 aliphatic heterocycles. The third-order valence-electron chi connectivity index (χ3n) is 5.38. The van der Waals surface area contributed by atoms with E-state index >= 15 is 0 Å². The number of aliphatic hydroxyl groups is 1. The molecule has 1 aromatic carbocycles. The van der Waals surface area contributed by atoms with Gasteiger partial charge in [0.15, 0.2) is 8.32 Å². The first kappa shape index (κ1) is 26.3. The van der Waals surface area contributed by atoms with Crippen LogP contribution in [0.15, 0.2) is 35.4 Å². The maximum absolute atomic E-state index is 13.9. The van der Waals surface area contributed by atoms with Crippen molar-refractivity contribution < 1.29 is 27.4 Å². The zero-order valence-corrected chi connectivity index (χ0v) is 19.9. The molecule has 0 bridgehead atoms. The van der Waals surface area contributed by atoms with E-state index in [0.717, 1.165) is 0 Å². The van der Waals surface area contributed by atoms with Crippen molar-refractivity contribution in [2.24, 2.45) is 0 Å². The van der Waals surface area contributed by atoms with Crippen LogP contribution in [0.1, 0.15) is 46.1 Å². The number of methoxy groups -OCH3 is 1. The Labute approximate surface area is 179 Å². The molecule has 0 heterocycles. The van der Waals surface area contributed by atoms with Gasteiger partial charge in [-0.2, -0.15) is 13.2 Å². The van der Waals surface area contributed by atoms with Crippen LogP contribution in [0.4, 0.5) is 13.2 Å². The first-order chi connectivity index (χ1) is 13.7. The van der Waals surface area contributed by atoms with Gasteiger partial charge in [0.2, 0.25) is 0 Å². The average Bonchev–Trinajstić information content (AvgIpc) is 2.62. The van der Waals surface area contributed by atoms with Crippen molar-refractivity contribution in [2.75, 3.05) is 13.7 Å². The van der Waals surface area contributed by atoms with E-state index in [-0.39, 0.29) is 17.0 Å². The molecule has 0 aliphatic carbocycles. The zero-order chi connectivity index (χ0) is 23.2. The summed E-state index contributed by atoms with van der Waals surface area (Å²) in [5.74, 6) is 5.97. The molecule has 1 unspecified atom stereocenters. The molecule has 0 spiro atoms. The highest BCUT2D eigenvalue weighted by Gasteiger charge is 2.42. The van der Waals surface area contributed by atoms with E-state index in [4.69, 9.17) is 9.16 Å². The minimum atomic E-state index is -4.65. The summed E-state index contributed by atoms with van der Waals surface area (Å²) in [6.07, 6.45) is -5.24. The Bertz CT molecular complexity index is 779. The third-order valence-corrected chi connectivity index (χ3v) is 9.86. The number of aliphatic hydroxyl groups excluding tert-OH is 1. The van der Waals surface area contributed by atoms with Crippen LogP contribution in [0.3, 0.4) is 0 Å². The van der Waals surface area contributed by atoms with Gasteiger partial charge < -0.3 is 14.3 Å². The predicted molar refractivity (Wildman–Crippen MR) is 117 cm³/mol. The fourth-order valence-corrected chi connectivity index (χ4v) is 3.31. The summed E-state index contributed by atoms with van der Waals surface area (Å²) in [7, 11) is -0.893. The molecule has 1 aromatic rings. The second kappa shape index (κ2) is 10.5. The van der Waals surface area contributed by atoms with Gasteiger partial charge in [-0.05, 0) is 48.8 Å². The number of benzene rings is 1. The van der Waals surface area contributed by atoms with Gasteiger partial charge in [0.25, 0.3) is 0 Å². The van der Waals surface area contributed by atoms with E-state index in [0.29, 0.717) is 17.7 Å². The second-order valence-corrected chi connectivity index (χ2v) is 13.5. The Kier molecular flexibility index (Phi) is 9.21. The summed E-state index contributed by atoms with van der Waals surface area (Å²) in [5.41, 5.74) is -0.697. The van der Waals surface area contributed by atoms with E-state index in [1.807, 2.05) is 33.9 Å². The largest absolute Gasteiger partial charge is 0.497 e. The fraction of sp³-hybridized carbons (Fsp3) is 0.565. The number of rotatable bonds is 7.